The van der Waals surface area contributed by atoms with Gasteiger partial charge in [-0.15, -0.1) is 12.3 Å². The minimum Gasteiger partial charge on any atom is -0.315 e. The summed E-state index contributed by atoms with van der Waals surface area (Å²) in [5.41, 5.74) is 0.370. The van der Waals surface area contributed by atoms with Crippen LogP contribution < -0.4 is 5.32 Å². The van der Waals surface area contributed by atoms with Crippen LogP contribution >= 0.6 is 0 Å². The Morgan fingerprint density at radius 2 is 2.00 bits per heavy atom. The van der Waals surface area contributed by atoms with E-state index in [1.807, 2.05) is 0 Å². The monoisotopic (exact) mass is 167 g/mol. The van der Waals surface area contributed by atoms with E-state index in [4.69, 9.17) is 6.42 Å². The Labute approximate surface area is 76.9 Å². The fraction of sp³-hybridized carbons (Fsp3) is 0.818. The van der Waals surface area contributed by atoms with Crippen molar-refractivity contribution < 1.29 is 0 Å². The van der Waals surface area contributed by atoms with Crippen LogP contribution in [0.2, 0.25) is 0 Å². The molecule has 0 aromatic carbocycles. The molecule has 0 aliphatic heterocycles. The highest BCUT2D eigenvalue weighted by Gasteiger charge is 2.20. The molecule has 0 radical (unpaired) electrons. The molecule has 0 saturated heterocycles. The van der Waals surface area contributed by atoms with Crippen LogP contribution in [0.1, 0.15) is 34.1 Å². The minimum absolute atomic E-state index is 0.370. The molecule has 70 valence electrons. The molecule has 12 heavy (non-hydrogen) atoms. The molecule has 1 heteroatoms. The van der Waals surface area contributed by atoms with E-state index in [2.05, 4.69) is 38.9 Å². The first-order valence-corrected chi connectivity index (χ1v) is 4.65. The minimum atomic E-state index is 0.370. The van der Waals surface area contributed by atoms with E-state index in [1.54, 1.807) is 0 Å². The Hall–Kier alpha value is -0.480. The first-order chi connectivity index (χ1) is 5.50. The third kappa shape index (κ3) is 4.41. The smallest absolute Gasteiger partial charge is 0.0211 e. The summed E-state index contributed by atoms with van der Waals surface area (Å²) in [6.07, 6.45) is 5.98. The van der Waals surface area contributed by atoms with Crippen LogP contribution in [0.3, 0.4) is 0 Å². The highest BCUT2D eigenvalue weighted by Crippen LogP contribution is 2.24. The lowest BCUT2D eigenvalue weighted by molar-refractivity contribution is 0.239. The number of rotatable bonds is 5. The molecule has 0 aliphatic carbocycles. The second-order valence-electron chi connectivity index (χ2n) is 4.27. The molecule has 0 aromatic heterocycles. The van der Waals surface area contributed by atoms with Gasteiger partial charge in [-0.05, 0) is 11.3 Å². The summed E-state index contributed by atoms with van der Waals surface area (Å²) < 4.78 is 0. The lowest BCUT2D eigenvalue weighted by Gasteiger charge is -2.29. The zero-order valence-corrected chi connectivity index (χ0v) is 8.78. The van der Waals surface area contributed by atoms with Gasteiger partial charge in [0.2, 0.25) is 0 Å². The highest BCUT2D eigenvalue weighted by molar-refractivity contribution is 4.84. The Kier molecular flexibility index (Phi) is 5.01. The van der Waals surface area contributed by atoms with Gasteiger partial charge >= 0.3 is 0 Å². The second-order valence-corrected chi connectivity index (χ2v) is 4.27. The van der Waals surface area contributed by atoms with Crippen molar-refractivity contribution >= 4 is 0 Å². The van der Waals surface area contributed by atoms with Gasteiger partial charge in [-0.2, -0.15) is 0 Å². The quantitative estimate of drug-likeness (QED) is 0.489. The molecule has 1 N–H and O–H groups in total. The third-order valence-corrected chi connectivity index (χ3v) is 2.59. The molecule has 0 rings (SSSR count). The highest BCUT2D eigenvalue weighted by atomic mass is 14.9. The zero-order chi connectivity index (χ0) is 9.61. The van der Waals surface area contributed by atoms with Gasteiger partial charge in [-0.3, -0.25) is 0 Å². The first-order valence-electron chi connectivity index (χ1n) is 4.65. The average Bonchev–Trinajstić information content (AvgIpc) is 1.98. The maximum Gasteiger partial charge on any atom is 0.0211 e. The fourth-order valence-electron chi connectivity index (χ4n) is 0.775. The van der Waals surface area contributed by atoms with Crippen molar-refractivity contribution in [2.45, 2.75) is 34.1 Å². The molecule has 0 aromatic rings. The van der Waals surface area contributed by atoms with E-state index in [0.29, 0.717) is 11.3 Å². The van der Waals surface area contributed by atoms with Gasteiger partial charge in [-0.1, -0.05) is 27.7 Å². The summed E-state index contributed by atoms with van der Waals surface area (Å²) in [7, 11) is 0. The summed E-state index contributed by atoms with van der Waals surface area (Å²) in [6.45, 7) is 11.0. The molecule has 0 fully saturated rings. The maximum absolute atomic E-state index is 5.15. The van der Waals surface area contributed by atoms with Crippen molar-refractivity contribution in [1.82, 2.24) is 5.32 Å². The molecular weight excluding hydrogens is 146 g/mol. The van der Waals surface area contributed by atoms with Gasteiger partial charge in [-0.25, -0.2) is 0 Å². The second kappa shape index (κ2) is 5.22. The van der Waals surface area contributed by atoms with Gasteiger partial charge in [0, 0.05) is 19.5 Å². The van der Waals surface area contributed by atoms with Gasteiger partial charge in [0.15, 0.2) is 0 Å². The Balaban J connectivity index is 3.56. The number of hydrogen-bond donors (Lipinski definition) is 1. The van der Waals surface area contributed by atoms with E-state index >= 15 is 0 Å². The van der Waals surface area contributed by atoms with Crippen molar-refractivity contribution in [1.29, 1.82) is 0 Å². The van der Waals surface area contributed by atoms with E-state index in [9.17, 15) is 0 Å². The van der Waals surface area contributed by atoms with E-state index in [1.165, 1.54) is 0 Å². The zero-order valence-electron chi connectivity index (χ0n) is 8.78. The SMILES string of the molecule is C#CCCNCC(C)(C)C(C)C. The molecule has 0 heterocycles. The Bertz CT molecular complexity index is 151. The fourth-order valence-corrected chi connectivity index (χ4v) is 0.775. The van der Waals surface area contributed by atoms with Crippen molar-refractivity contribution in [2.24, 2.45) is 11.3 Å². The maximum atomic E-state index is 5.15. The molecule has 0 atom stereocenters. The molecule has 0 amide bonds. The molecule has 0 saturated carbocycles. The molecule has 0 bridgehead atoms. The van der Waals surface area contributed by atoms with Crippen LogP contribution in [0.4, 0.5) is 0 Å². The molecular formula is C11H21N. The Morgan fingerprint density at radius 1 is 1.42 bits per heavy atom. The van der Waals surface area contributed by atoms with Crippen molar-refractivity contribution in [3.8, 4) is 12.3 Å². The summed E-state index contributed by atoms with van der Waals surface area (Å²) in [5, 5.41) is 3.37. The van der Waals surface area contributed by atoms with Crippen LogP contribution in [0.15, 0.2) is 0 Å². The Morgan fingerprint density at radius 3 is 2.42 bits per heavy atom. The lowest BCUT2D eigenvalue weighted by atomic mass is 9.81. The summed E-state index contributed by atoms with van der Waals surface area (Å²) >= 11 is 0. The third-order valence-electron chi connectivity index (χ3n) is 2.59. The largest absolute Gasteiger partial charge is 0.315 e. The number of terminal acetylenes is 1. The van der Waals surface area contributed by atoms with Gasteiger partial charge < -0.3 is 5.32 Å². The normalized spacial score (nSPS) is 11.7. The summed E-state index contributed by atoms with van der Waals surface area (Å²) in [6, 6.07) is 0. The topological polar surface area (TPSA) is 12.0 Å². The van der Waals surface area contributed by atoms with E-state index < -0.39 is 0 Å². The van der Waals surface area contributed by atoms with Crippen molar-refractivity contribution in [3.05, 3.63) is 0 Å². The van der Waals surface area contributed by atoms with Crippen LogP contribution in [0.25, 0.3) is 0 Å². The molecule has 0 aliphatic rings. The first kappa shape index (κ1) is 11.5. The average molecular weight is 167 g/mol. The summed E-state index contributed by atoms with van der Waals surface area (Å²) in [4.78, 5) is 0. The van der Waals surface area contributed by atoms with Crippen LogP contribution in [0, 0.1) is 23.7 Å². The van der Waals surface area contributed by atoms with Gasteiger partial charge in [0.05, 0.1) is 0 Å². The van der Waals surface area contributed by atoms with Crippen LogP contribution in [-0.2, 0) is 0 Å². The lowest BCUT2D eigenvalue weighted by Crippen LogP contribution is -2.33. The van der Waals surface area contributed by atoms with E-state index in [0.717, 1.165) is 19.5 Å². The molecule has 0 unspecified atom stereocenters. The summed E-state index contributed by atoms with van der Waals surface area (Å²) in [5.74, 6) is 3.33. The van der Waals surface area contributed by atoms with Crippen molar-refractivity contribution in [2.75, 3.05) is 13.1 Å². The van der Waals surface area contributed by atoms with Crippen molar-refractivity contribution in [3.63, 3.8) is 0 Å². The van der Waals surface area contributed by atoms with Gasteiger partial charge in [0.1, 0.15) is 0 Å². The number of hydrogen-bond acceptors (Lipinski definition) is 1. The van der Waals surface area contributed by atoms with Crippen LogP contribution in [0.5, 0.6) is 0 Å². The standard InChI is InChI=1S/C11H21N/c1-6-7-8-12-9-11(4,5)10(2)3/h1,10,12H,7-9H2,2-5H3. The number of nitrogens with one attached hydrogen (secondary N) is 1. The predicted molar refractivity (Wildman–Crippen MR) is 54.9 cm³/mol. The van der Waals surface area contributed by atoms with E-state index in [-0.39, 0.29) is 0 Å². The predicted octanol–water partition coefficient (Wildman–Crippen LogP) is 2.28. The molecule has 0 spiro atoms. The van der Waals surface area contributed by atoms with Gasteiger partial charge in [0.25, 0.3) is 0 Å². The molecule has 1 nitrogen and oxygen atoms in total. The van der Waals surface area contributed by atoms with Crippen LogP contribution in [-0.4, -0.2) is 13.1 Å².